The molecule has 0 spiro atoms. The molecule has 0 saturated heterocycles. The van der Waals surface area contributed by atoms with Crippen molar-refractivity contribution in [2.45, 2.75) is 124 Å². The van der Waals surface area contributed by atoms with Gasteiger partial charge in [-0.3, -0.25) is 0 Å². The molecule has 0 amide bonds. The van der Waals surface area contributed by atoms with Crippen molar-refractivity contribution in [3.05, 3.63) is 0 Å². The van der Waals surface area contributed by atoms with Gasteiger partial charge < -0.3 is 5.73 Å². The minimum absolute atomic E-state index is 0. The zero-order valence-corrected chi connectivity index (χ0v) is 18.8. The predicted octanol–water partition coefficient (Wildman–Crippen LogP) is 7.85. The Morgan fingerprint density at radius 3 is 1.00 bits per heavy atom. The van der Waals surface area contributed by atoms with Gasteiger partial charge in [-0.25, -0.2) is 0 Å². The largest absolute Gasteiger partial charge is 0.330 e. The van der Waals surface area contributed by atoms with Crippen molar-refractivity contribution in [1.82, 2.24) is 0 Å². The molecule has 0 atom stereocenters. The molecule has 0 unspecified atom stereocenters. The van der Waals surface area contributed by atoms with Crippen LogP contribution in [0.2, 0.25) is 0 Å². The Kier molecular flexibility index (Phi) is 21.4. The minimum Gasteiger partial charge on any atom is -0.330 e. The lowest BCUT2D eigenvalue weighted by Crippen LogP contribution is -2.03. The molecule has 2 N–H and O–H groups in total. The number of rotatable bonds is 16. The van der Waals surface area contributed by atoms with E-state index in [1.165, 1.54) is 103 Å². The number of halogens is 1. The van der Waals surface area contributed by atoms with Crippen LogP contribution in [0.25, 0.3) is 0 Å². The SMILES string of the molecule is CC(C)(C)CCCCCCCCCCCCCCCCCN.I. The number of hydrogen-bond acceptors (Lipinski definition) is 1. The molecule has 0 aromatic rings. The summed E-state index contributed by atoms with van der Waals surface area (Å²) in [5, 5.41) is 0. The van der Waals surface area contributed by atoms with E-state index in [9.17, 15) is 0 Å². The van der Waals surface area contributed by atoms with Crippen LogP contribution in [0.1, 0.15) is 124 Å². The van der Waals surface area contributed by atoms with Crippen LogP contribution < -0.4 is 5.73 Å². The summed E-state index contributed by atoms with van der Waals surface area (Å²) in [6.45, 7) is 7.93. The van der Waals surface area contributed by atoms with Gasteiger partial charge in [-0.05, 0) is 24.8 Å². The molecular weight excluding hydrogens is 393 g/mol. The molecule has 0 aliphatic heterocycles. The first kappa shape index (κ1) is 25.9. The average molecular weight is 440 g/mol. The molecule has 2 heteroatoms. The van der Waals surface area contributed by atoms with E-state index in [1.807, 2.05) is 0 Å². The Hall–Kier alpha value is 0.690. The van der Waals surface area contributed by atoms with Crippen LogP contribution in [-0.4, -0.2) is 6.54 Å². The first-order chi connectivity index (χ1) is 10.6. The van der Waals surface area contributed by atoms with E-state index < -0.39 is 0 Å². The van der Waals surface area contributed by atoms with Crippen molar-refractivity contribution in [2.75, 3.05) is 6.54 Å². The summed E-state index contributed by atoms with van der Waals surface area (Å²) in [5.74, 6) is 0. The van der Waals surface area contributed by atoms with Crippen molar-refractivity contribution in [1.29, 1.82) is 0 Å². The quantitative estimate of drug-likeness (QED) is 0.192. The van der Waals surface area contributed by atoms with Gasteiger partial charge in [-0.2, -0.15) is 0 Å². The van der Waals surface area contributed by atoms with Crippen molar-refractivity contribution in [3.63, 3.8) is 0 Å². The van der Waals surface area contributed by atoms with Gasteiger partial charge in [0.2, 0.25) is 0 Å². The van der Waals surface area contributed by atoms with E-state index in [1.54, 1.807) is 0 Å². The van der Waals surface area contributed by atoms with E-state index in [2.05, 4.69) is 20.8 Å². The Labute approximate surface area is 165 Å². The maximum absolute atomic E-state index is 5.50. The molecule has 0 rings (SSSR count). The highest BCUT2D eigenvalue weighted by molar-refractivity contribution is 14.0. The van der Waals surface area contributed by atoms with Crippen LogP contribution in [0, 0.1) is 5.41 Å². The van der Waals surface area contributed by atoms with Crippen LogP contribution in [0.15, 0.2) is 0 Å². The van der Waals surface area contributed by atoms with Gasteiger partial charge in [-0.15, -0.1) is 24.0 Å². The summed E-state index contributed by atoms with van der Waals surface area (Å²) in [6.07, 6.45) is 22.8. The monoisotopic (exact) mass is 439 g/mol. The Morgan fingerprint density at radius 2 is 0.739 bits per heavy atom. The van der Waals surface area contributed by atoms with Gasteiger partial charge in [-0.1, -0.05) is 111 Å². The van der Waals surface area contributed by atoms with E-state index in [0.29, 0.717) is 5.41 Å². The summed E-state index contributed by atoms with van der Waals surface area (Å²) >= 11 is 0. The number of nitrogens with two attached hydrogens (primary N) is 1. The smallest absolute Gasteiger partial charge is 0.00773 e. The second-order valence-electron chi connectivity index (χ2n) is 8.40. The normalized spacial score (nSPS) is 11.5. The summed E-state index contributed by atoms with van der Waals surface area (Å²) in [4.78, 5) is 0. The molecule has 0 bridgehead atoms. The zero-order chi connectivity index (χ0) is 16.5. The number of hydrogen-bond donors (Lipinski definition) is 1. The van der Waals surface area contributed by atoms with Crippen LogP contribution in [0.3, 0.4) is 0 Å². The Bertz CT molecular complexity index is 210. The minimum atomic E-state index is 0. The average Bonchev–Trinajstić information content (AvgIpc) is 2.45. The second kappa shape index (κ2) is 19.0. The summed E-state index contributed by atoms with van der Waals surface area (Å²) in [6, 6.07) is 0. The van der Waals surface area contributed by atoms with E-state index in [-0.39, 0.29) is 24.0 Å². The molecule has 23 heavy (non-hydrogen) atoms. The topological polar surface area (TPSA) is 26.0 Å². The molecule has 0 heterocycles. The third-order valence-electron chi connectivity index (χ3n) is 4.63. The van der Waals surface area contributed by atoms with Crippen molar-refractivity contribution in [2.24, 2.45) is 11.1 Å². The Morgan fingerprint density at radius 1 is 0.478 bits per heavy atom. The van der Waals surface area contributed by atoms with Gasteiger partial charge in [0.15, 0.2) is 0 Å². The van der Waals surface area contributed by atoms with Crippen molar-refractivity contribution in [3.8, 4) is 0 Å². The standard InChI is InChI=1S/C21H45N.HI/c1-21(2,3)19-17-15-13-11-9-7-5-4-6-8-10-12-14-16-18-20-22;/h4-20,22H2,1-3H3;1H. The van der Waals surface area contributed by atoms with Gasteiger partial charge in [0.1, 0.15) is 0 Å². The predicted molar refractivity (Wildman–Crippen MR) is 118 cm³/mol. The molecule has 0 radical (unpaired) electrons. The summed E-state index contributed by atoms with van der Waals surface area (Å²) in [5.41, 5.74) is 6.03. The lowest BCUT2D eigenvalue weighted by atomic mass is 9.89. The molecular formula is C21H46IN. The third-order valence-corrected chi connectivity index (χ3v) is 4.63. The molecule has 142 valence electrons. The van der Waals surface area contributed by atoms with Crippen LogP contribution in [-0.2, 0) is 0 Å². The fraction of sp³-hybridized carbons (Fsp3) is 1.00. The number of unbranched alkanes of at least 4 members (excludes halogenated alkanes) is 14. The second-order valence-corrected chi connectivity index (χ2v) is 8.40. The first-order valence-corrected chi connectivity index (χ1v) is 10.3. The van der Waals surface area contributed by atoms with Gasteiger partial charge in [0.05, 0.1) is 0 Å². The highest BCUT2D eigenvalue weighted by atomic mass is 127. The maximum atomic E-state index is 5.50. The van der Waals surface area contributed by atoms with Crippen molar-refractivity contribution >= 4 is 24.0 Å². The van der Waals surface area contributed by atoms with E-state index in [0.717, 1.165) is 6.54 Å². The van der Waals surface area contributed by atoms with Crippen molar-refractivity contribution < 1.29 is 0 Å². The highest BCUT2D eigenvalue weighted by Gasteiger charge is 2.08. The highest BCUT2D eigenvalue weighted by Crippen LogP contribution is 2.22. The summed E-state index contributed by atoms with van der Waals surface area (Å²) < 4.78 is 0. The van der Waals surface area contributed by atoms with Crippen LogP contribution in [0.5, 0.6) is 0 Å². The summed E-state index contributed by atoms with van der Waals surface area (Å²) in [7, 11) is 0. The fourth-order valence-corrected chi connectivity index (χ4v) is 3.10. The zero-order valence-electron chi connectivity index (χ0n) is 16.5. The first-order valence-electron chi connectivity index (χ1n) is 10.3. The van der Waals surface area contributed by atoms with E-state index in [4.69, 9.17) is 5.73 Å². The van der Waals surface area contributed by atoms with Gasteiger partial charge >= 0.3 is 0 Å². The molecule has 0 saturated carbocycles. The molecule has 1 nitrogen and oxygen atoms in total. The lowest BCUT2D eigenvalue weighted by molar-refractivity contribution is 0.356. The van der Waals surface area contributed by atoms with Gasteiger partial charge in [0, 0.05) is 0 Å². The van der Waals surface area contributed by atoms with E-state index >= 15 is 0 Å². The molecule has 0 fully saturated rings. The Balaban J connectivity index is 0. The third kappa shape index (κ3) is 25.1. The fourth-order valence-electron chi connectivity index (χ4n) is 3.10. The van der Waals surface area contributed by atoms with Crippen LogP contribution >= 0.6 is 24.0 Å². The lowest BCUT2D eigenvalue weighted by Gasteiger charge is -2.17. The molecule has 0 aliphatic carbocycles. The maximum Gasteiger partial charge on any atom is -0.00773 e. The van der Waals surface area contributed by atoms with Gasteiger partial charge in [0.25, 0.3) is 0 Å². The molecule has 0 aliphatic rings. The molecule has 0 aromatic carbocycles. The molecule has 0 aromatic heterocycles. The van der Waals surface area contributed by atoms with Crippen LogP contribution in [0.4, 0.5) is 0 Å².